The Kier molecular flexibility index (Phi) is 4.11. The van der Waals surface area contributed by atoms with Crippen molar-refractivity contribution in [2.24, 2.45) is 5.73 Å². The minimum atomic E-state index is -1.20. The lowest BCUT2D eigenvalue weighted by Crippen LogP contribution is -2.46. The molecule has 1 atom stereocenters. The van der Waals surface area contributed by atoms with Gasteiger partial charge in [0.25, 0.3) is 5.56 Å². The van der Waals surface area contributed by atoms with Crippen molar-refractivity contribution in [3.63, 3.8) is 0 Å². The maximum absolute atomic E-state index is 13.4. The van der Waals surface area contributed by atoms with Crippen LogP contribution in [0.2, 0.25) is 0 Å². The Morgan fingerprint density at radius 3 is 2.83 bits per heavy atom. The molecule has 2 aliphatic heterocycles. The summed E-state index contributed by atoms with van der Waals surface area (Å²) in [4.78, 5) is 43.2. The third-order valence-corrected chi connectivity index (χ3v) is 6.36. The Bertz CT molecular complexity index is 1290. The number of fused-ring (bicyclic) bond motifs is 5. The van der Waals surface area contributed by atoms with Gasteiger partial charge < -0.3 is 15.0 Å². The molecule has 0 aliphatic carbocycles. The number of pyridine rings is 2. The quantitative estimate of drug-likeness (QED) is 0.523. The van der Waals surface area contributed by atoms with Gasteiger partial charge in [0.1, 0.15) is 17.8 Å². The third kappa shape index (κ3) is 2.48. The van der Waals surface area contributed by atoms with Crippen LogP contribution in [0.1, 0.15) is 36.5 Å². The number of para-hydroxylation sites is 1. The topological polar surface area (TPSA) is 104 Å². The first kappa shape index (κ1) is 18.7. The Morgan fingerprint density at radius 2 is 2.07 bits per heavy atom. The summed E-state index contributed by atoms with van der Waals surface area (Å²) in [5.74, 6) is -0.722. The van der Waals surface area contributed by atoms with E-state index in [1.165, 1.54) is 0 Å². The van der Waals surface area contributed by atoms with Crippen LogP contribution in [0.5, 0.6) is 0 Å². The van der Waals surface area contributed by atoms with Gasteiger partial charge in [-0.3, -0.25) is 14.4 Å². The molecule has 0 amide bonds. The molecule has 2 aromatic heterocycles. The smallest absolute Gasteiger partial charge is 0.317 e. The van der Waals surface area contributed by atoms with E-state index < -0.39 is 11.4 Å². The highest BCUT2D eigenvalue weighted by molar-refractivity contribution is 5.93. The fourth-order valence-corrected chi connectivity index (χ4v) is 4.70. The molecule has 7 heteroatoms. The highest BCUT2D eigenvalue weighted by atomic mass is 16.5. The van der Waals surface area contributed by atoms with Gasteiger partial charge in [0.2, 0.25) is 0 Å². The largest absolute Gasteiger partial charge is 0.460 e. The molecule has 0 saturated heterocycles. The van der Waals surface area contributed by atoms with Crippen molar-refractivity contribution in [2.75, 3.05) is 6.54 Å². The second kappa shape index (κ2) is 6.60. The molecule has 3 aromatic rings. The molecule has 1 aromatic carbocycles. The van der Waals surface area contributed by atoms with Gasteiger partial charge in [-0.1, -0.05) is 25.1 Å². The summed E-state index contributed by atoms with van der Waals surface area (Å²) in [5.41, 5.74) is 8.35. The van der Waals surface area contributed by atoms with E-state index >= 15 is 0 Å². The van der Waals surface area contributed by atoms with E-state index in [9.17, 15) is 14.4 Å². The number of ether oxygens (including phenoxy) is 1. The number of Topliss-reactive ketones (excluding diaryl/α,β-unsaturated/α-hetero) is 1. The Morgan fingerprint density at radius 1 is 1.27 bits per heavy atom. The van der Waals surface area contributed by atoms with Crippen LogP contribution in [0, 0.1) is 0 Å². The number of aromatic nitrogens is 2. The Hall–Kier alpha value is -3.32. The first-order valence-corrected chi connectivity index (χ1v) is 10.0. The second-order valence-corrected chi connectivity index (χ2v) is 7.93. The fourth-order valence-electron chi connectivity index (χ4n) is 4.70. The number of nitrogens with two attached hydrogens (primary N) is 1. The molecule has 7 nitrogen and oxygen atoms in total. The molecule has 0 fully saturated rings. The lowest BCUT2D eigenvalue weighted by Gasteiger charge is -2.36. The van der Waals surface area contributed by atoms with E-state index in [1.807, 2.05) is 37.3 Å². The summed E-state index contributed by atoms with van der Waals surface area (Å²) < 4.78 is 7.06. The monoisotopic (exact) mass is 403 g/mol. The minimum Gasteiger partial charge on any atom is -0.460 e. The number of cyclic esters (lactones) is 1. The van der Waals surface area contributed by atoms with Gasteiger partial charge in [-0.25, -0.2) is 4.98 Å². The standard InChI is InChI=1S/C23H21N3O4/c1-2-23(9-15(27)10-24)17-8-19-20-14(7-13-5-3-4-6-18(13)25-20)11-26(19)21(28)16(17)12-30-22(23)29/h3-8H,2,9-12,24H2,1H3/t23-/m0/s1. The lowest BCUT2D eigenvalue weighted by molar-refractivity contribution is -0.156. The van der Waals surface area contributed by atoms with Gasteiger partial charge >= 0.3 is 5.97 Å². The number of hydrogen-bond acceptors (Lipinski definition) is 6. The van der Waals surface area contributed by atoms with Crippen LogP contribution in [0.25, 0.3) is 22.3 Å². The number of esters is 1. The molecule has 0 unspecified atom stereocenters. The summed E-state index contributed by atoms with van der Waals surface area (Å²) in [6.45, 7) is 2.00. The van der Waals surface area contributed by atoms with E-state index in [2.05, 4.69) is 6.07 Å². The molecule has 2 aliphatic rings. The van der Waals surface area contributed by atoms with E-state index in [0.29, 0.717) is 29.8 Å². The van der Waals surface area contributed by atoms with E-state index in [-0.39, 0.29) is 30.9 Å². The maximum atomic E-state index is 13.4. The summed E-state index contributed by atoms with van der Waals surface area (Å²) in [6.07, 6.45) is 0.262. The molecule has 152 valence electrons. The second-order valence-electron chi connectivity index (χ2n) is 7.93. The highest BCUT2D eigenvalue weighted by Gasteiger charge is 2.47. The predicted octanol–water partition coefficient (Wildman–Crippen LogP) is 2.05. The first-order valence-electron chi connectivity index (χ1n) is 10.0. The molecule has 0 saturated carbocycles. The summed E-state index contributed by atoms with van der Waals surface area (Å²) in [5, 5.41) is 1.01. The molecule has 0 radical (unpaired) electrons. The lowest BCUT2D eigenvalue weighted by atomic mass is 9.71. The van der Waals surface area contributed by atoms with Gasteiger partial charge in [-0.15, -0.1) is 0 Å². The Labute approximate surface area is 172 Å². The average Bonchev–Trinajstić information content (AvgIpc) is 3.12. The first-order chi connectivity index (χ1) is 14.5. The third-order valence-electron chi connectivity index (χ3n) is 6.36. The summed E-state index contributed by atoms with van der Waals surface area (Å²) >= 11 is 0. The van der Waals surface area contributed by atoms with E-state index in [0.717, 1.165) is 22.2 Å². The van der Waals surface area contributed by atoms with Gasteiger partial charge in [0, 0.05) is 17.4 Å². The predicted molar refractivity (Wildman–Crippen MR) is 111 cm³/mol. The van der Waals surface area contributed by atoms with E-state index in [1.54, 1.807) is 4.57 Å². The molecule has 4 heterocycles. The number of ketones is 1. The van der Waals surface area contributed by atoms with Gasteiger partial charge in [-0.2, -0.15) is 0 Å². The number of rotatable bonds is 4. The SMILES string of the molecule is CC[C@@]1(CC(=O)CN)C(=O)OCc2c1cc1n(c2=O)Cc2cc3ccccc3nc2-1. The van der Waals surface area contributed by atoms with Crippen LogP contribution in [0.4, 0.5) is 0 Å². The zero-order chi connectivity index (χ0) is 21.0. The molecule has 0 spiro atoms. The number of hydrogen-bond donors (Lipinski definition) is 1. The average molecular weight is 403 g/mol. The van der Waals surface area contributed by atoms with Crippen LogP contribution in [-0.4, -0.2) is 27.8 Å². The van der Waals surface area contributed by atoms with Crippen LogP contribution >= 0.6 is 0 Å². The normalized spacial score (nSPS) is 19.2. The van der Waals surface area contributed by atoms with Gasteiger partial charge in [0.15, 0.2) is 0 Å². The van der Waals surface area contributed by atoms with Crippen LogP contribution < -0.4 is 11.3 Å². The number of carbonyl (C=O) groups is 2. The van der Waals surface area contributed by atoms with Crippen LogP contribution in [0.3, 0.4) is 0 Å². The van der Waals surface area contributed by atoms with Crippen molar-refractivity contribution in [2.45, 2.75) is 38.3 Å². The van der Waals surface area contributed by atoms with Gasteiger partial charge in [-0.05, 0) is 30.2 Å². The summed E-state index contributed by atoms with van der Waals surface area (Å²) in [6, 6.07) is 11.7. The number of nitrogens with zero attached hydrogens (tertiary/aromatic N) is 2. The van der Waals surface area contributed by atoms with Crippen LogP contribution in [0.15, 0.2) is 41.2 Å². The zero-order valence-corrected chi connectivity index (χ0v) is 16.6. The van der Waals surface area contributed by atoms with Crippen molar-refractivity contribution in [1.82, 2.24) is 9.55 Å². The van der Waals surface area contributed by atoms with Crippen molar-refractivity contribution in [3.8, 4) is 11.4 Å². The molecule has 0 bridgehead atoms. The maximum Gasteiger partial charge on any atom is 0.317 e. The van der Waals surface area contributed by atoms with Crippen molar-refractivity contribution >= 4 is 22.7 Å². The molecular weight excluding hydrogens is 382 g/mol. The Balaban J connectivity index is 1.77. The van der Waals surface area contributed by atoms with Crippen molar-refractivity contribution < 1.29 is 14.3 Å². The van der Waals surface area contributed by atoms with E-state index in [4.69, 9.17) is 15.5 Å². The summed E-state index contributed by atoms with van der Waals surface area (Å²) in [7, 11) is 0. The molecule has 30 heavy (non-hydrogen) atoms. The van der Waals surface area contributed by atoms with Crippen LogP contribution in [-0.2, 0) is 32.9 Å². The fraction of sp³-hybridized carbons (Fsp3) is 0.304. The molecule has 5 rings (SSSR count). The minimum absolute atomic E-state index is 0.0767. The molecule has 2 N–H and O–H groups in total. The van der Waals surface area contributed by atoms with Crippen molar-refractivity contribution in [1.29, 1.82) is 0 Å². The zero-order valence-electron chi connectivity index (χ0n) is 16.6. The highest BCUT2D eigenvalue weighted by Crippen LogP contribution is 2.42. The number of benzene rings is 1. The number of carbonyl (C=O) groups excluding carboxylic acids is 2. The molecular formula is C23H21N3O4. The van der Waals surface area contributed by atoms with Crippen molar-refractivity contribution in [3.05, 3.63) is 63.4 Å². The van der Waals surface area contributed by atoms with Gasteiger partial charge in [0.05, 0.1) is 35.6 Å².